The monoisotopic (exact) mass is 310 g/mol. The zero-order chi connectivity index (χ0) is 16.2. The van der Waals surface area contributed by atoms with Crippen LogP contribution < -0.4 is 9.47 Å². The molecular weight excluding hydrogens is 288 g/mol. The van der Waals surface area contributed by atoms with Gasteiger partial charge in [0.1, 0.15) is 11.5 Å². The van der Waals surface area contributed by atoms with Crippen LogP contribution in [0, 0.1) is 0 Å². The topological polar surface area (TPSA) is 71.1 Å². The zero-order valence-corrected chi connectivity index (χ0v) is 13.0. The summed E-state index contributed by atoms with van der Waals surface area (Å²) in [6, 6.07) is 6.15. The minimum atomic E-state index is -0.781. The molecule has 0 amide bonds. The predicted octanol–water partition coefficient (Wildman–Crippen LogP) is 4.32. The van der Waals surface area contributed by atoms with Gasteiger partial charge in [-0.3, -0.25) is 0 Å². The van der Waals surface area contributed by atoms with Crippen LogP contribution in [0.1, 0.15) is 39.5 Å². The number of ether oxygens (including phenoxy) is 4. The van der Waals surface area contributed by atoms with E-state index in [2.05, 4.69) is 0 Å². The van der Waals surface area contributed by atoms with Crippen LogP contribution in [0.2, 0.25) is 0 Å². The summed E-state index contributed by atoms with van der Waals surface area (Å²) in [6.07, 6.45) is 1.85. The largest absolute Gasteiger partial charge is 0.513 e. The van der Waals surface area contributed by atoms with Crippen molar-refractivity contribution in [2.45, 2.75) is 39.5 Å². The van der Waals surface area contributed by atoms with Crippen molar-refractivity contribution in [2.24, 2.45) is 0 Å². The van der Waals surface area contributed by atoms with E-state index in [1.54, 1.807) is 18.2 Å². The highest BCUT2D eigenvalue weighted by Gasteiger charge is 2.09. The average molecular weight is 310 g/mol. The molecule has 122 valence electrons. The molecule has 1 aromatic rings. The van der Waals surface area contributed by atoms with Crippen molar-refractivity contribution in [3.8, 4) is 11.5 Å². The molecule has 0 heterocycles. The first kappa shape index (κ1) is 17.8. The Balaban J connectivity index is 2.44. The number of unbranched alkanes of at least 4 members (excludes halogenated alkanes) is 2. The first-order chi connectivity index (χ1) is 10.7. The van der Waals surface area contributed by atoms with Gasteiger partial charge in [0.15, 0.2) is 0 Å². The van der Waals surface area contributed by atoms with Crippen molar-refractivity contribution in [1.29, 1.82) is 0 Å². The molecule has 0 saturated heterocycles. The molecule has 6 nitrogen and oxygen atoms in total. The third kappa shape index (κ3) is 7.52. The molecule has 0 aliphatic carbocycles. The third-order valence-corrected chi connectivity index (χ3v) is 2.64. The standard InChI is InChI=1S/C16H22O6/c1-3-5-10-19-15(17)21-13-8-7-9-14(12-13)22-16(18)20-11-6-4-2/h7-9,12H,3-6,10-11H2,1-2H3. The Kier molecular flexibility index (Phi) is 8.49. The fourth-order valence-corrected chi connectivity index (χ4v) is 1.45. The maximum Gasteiger partial charge on any atom is 0.513 e. The minimum Gasteiger partial charge on any atom is -0.434 e. The van der Waals surface area contributed by atoms with Gasteiger partial charge in [0.25, 0.3) is 0 Å². The Hall–Kier alpha value is -2.24. The lowest BCUT2D eigenvalue weighted by Gasteiger charge is -2.08. The summed E-state index contributed by atoms with van der Waals surface area (Å²) in [4.78, 5) is 22.8. The Morgan fingerprint density at radius 2 is 1.32 bits per heavy atom. The molecule has 0 saturated carbocycles. The van der Waals surface area contributed by atoms with E-state index in [0.717, 1.165) is 25.7 Å². The molecule has 0 aliphatic heterocycles. The first-order valence-electron chi connectivity index (χ1n) is 7.45. The average Bonchev–Trinajstić information content (AvgIpc) is 2.48. The molecule has 0 aromatic heterocycles. The molecule has 1 aromatic carbocycles. The van der Waals surface area contributed by atoms with E-state index < -0.39 is 12.3 Å². The molecule has 0 unspecified atom stereocenters. The van der Waals surface area contributed by atoms with Crippen LogP contribution in [-0.4, -0.2) is 25.5 Å². The summed E-state index contributed by atoms with van der Waals surface area (Å²) in [5, 5.41) is 0. The van der Waals surface area contributed by atoms with Gasteiger partial charge in [-0.1, -0.05) is 32.8 Å². The van der Waals surface area contributed by atoms with E-state index in [4.69, 9.17) is 18.9 Å². The Morgan fingerprint density at radius 3 is 1.73 bits per heavy atom. The molecule has 22 heavy (non-hydrogen) atoms. The number of carbonyl (C=O) groups excluding carboxylic acids is 2. The predicted molar refractivity (Wildman–Crippen MR) is 80.2 cm³/mol. The molecule has 0 N–H and O–H groups in total. The van der Waals surface area contributed by atoms with Crippen LogP contribution in [0.15, 0.2) is 24.3 Å². The van der Waals surface area contributed by atoms with Gasteiger partial charge in [0, 0.05) is 6.07 Å². The molecule has 6 heteroatoms. The maximum atomic E-state index is 11.4. The van der Waals surface area contributed by atoms with Crippen LogP contribution in [-0.2, 0) is 9.47 Å². The van der Waals surface area contributed by atoms with E-state index in [0.29, 0.717) is 13.2 Å². The van der Waals surface area contributed by atoms with Crippen molar-refractivity contribution in [2.75, 3.05) is 13.2 Å². The molecule has 0 radical (unpaired) electrons. The van der Waals surface area contributed by atoms with Gasteiger partial charge < -0.3 is 18.9 Å². The lowest BCUT2D eigenvalue weighted by Crippen LogP contribution is -2.13. The second kappa shape index (κ2) is 10.5. The minimum absolute atomic E-state index is 0.236. The van der Waals surface area contributed by atoms with Gasteiger partial charge in [-0.05, 0) is 25.0 Å². The van der Waals surface area contributed by atoms with Crippen LogP contribution in [0.4, 0.5) is 9.59 Å². The number of rotatable bonds is 8. The van der Waals surface area contributed by atoms with Gasteiger partial charge in [-0.2, -0.15) is 0 Å². The quantitative estimate of drug-likeness (QED) is 0.404. The summed E-state index contributed by atoms with van der Waals surface area (Å²) < 4.78 is 19.7. The molecule has 0 spiro atoms. The first-order valence-corrected chi connectivity index (χ1v) is 7.45. The molecule has 0 aliphatic rings. The lowest BCUT2D eigenvalue weighted by molar-refractivity contribution is 0.0965. The van der Waals surface area contributed by atoms with Crippen molar-refractivity contribution in [3.63, 3.8) is 0 Å². The van der Waals surface area contributed by atoms with Gasteiger partial charge >= 0.3 is 12.3 Å². The van der Waals surface area contributed by atoms with Crippen LogP contribution in [0.3, 0.4) is 0 Å². The van der Waals surface area contributed by atoms with E-state index in [1.807, 2.05) is 13.8 Å². The molecular formula is C16H22O6. The molecule has 0 atom stereocenters. The highest BCUT2D eigenvalue weighted by atomic mass is 16.7. The van der Waals surface area contributed by atoms with Crippen LogP contribution in [0.25, 0.3) is 0 Å². The van der Waals surface area contributed by atoms with E-state index in [-0.39, 0.29) is 11.5 Å². The highest BCUT2D eigenvalue weighted by Crippen LogP contribution is 2.20. The molecule has 1 rings (SSSR count). The van der Waals surface area contributed by atoms with Crippen LogP contribution >= 0.6 is 0 Å². The number of carbonyl (C=O) groups is 2. The van der Waals surface area contributed by atoms with E-state index in [9.17, 15) is 9.59 Å². The maximum absolute atomic E-state index is 11.4. The number of hydrogen-bond donors (Lipinski definition) is 0. The highest BCUT2D eigenvalue weighted by molar-refractivity contribution is 5.66. The Morgan fingerprint density at radius 1 is 0.864 bits per heavy atom. The lowest BCUT2D eigenvalue weighted by atomic mass is 10.3. The number of benzene rings is 1. The summed E-state index contributed by atoms with van der Waals surface area (Å²) in [7, 11) is 0. The smallest absolute Gasteiger partial charge is 0.434 e. The molecule has 0 bridgehead atoms. The number of hydrogen-bond acceptors (Lipinski definition) is 6. The van der Waals surface area contributed by atoms with Crippen molar-refractivity contribution < 1.29 is 28.5 Å². The molecule has 0 fully saturated rings. The Labute approximate surface area is 130 Å². The van der Waals surface area contributed by atoms with Crippen molar-refractivity contribution >= 4 is 12.3 Å². The second-order valence-electron chi connectivity index (χ2n) is 4.58. The van der Waals surface area contributed by atoms with Gasteiger partial charge in [0.05, 0.1) is 13.2 Å². The fraction of sp³-hybridized carbons (Fsp3) is 0.500. The summed E-state index contributed by atoms with van der Waals surface area (Å²) in [5.41, 5.74) is 0. The summed E-state index contributed by atoms with van der Waals surface area (Å²) >= 11 is 0. The SMILES string of the molecule is CCCCOC(=O)Oc1cccc(OC(=O)OCCCC)c1. The summed E-state index contributed by atoms with van der Waals surface area (Å²) in [6.45, 7) is 4.62. The van der Waals surface area contributed by atoms with Gasteiger partial charge in [0.2, 0.25) is 0 Å². The fourth-order valence-electron chi connectivity index (χ4n) is 1.45. The van der Waals surface area contributed by atoms with Crippen LogP contribution in [0.5, 0.6) is 11.5 Å². The van der Waals surface area contributed by atoms with Gasteiger partial charge in [-0.15, -0.1) is 0 Å². The normalized spacial score (nSPS) is 9.91. The zero-order valence-electron chi connectivity index (χ0n) is 13.0. The van der Waals surface area contributed by atoms with E-state index in [1.165, 1.54) is 6.07 Å². The van der Waals surface area contributed by atoms with Crippen molar-refractivity contribution in [3.05, 3.63) is 24.3 Å². The van der Waals surface area contributed by atoms with Gasteiger partial charge in [-0.25, -0.2) is 9.59 Å². The third-order valence-electron chi connectivity index (χ3n) is 2.64. The summed E-state index contributed by atoms with van der Waals surface area (Å²) in [5.74, 6) is 0.473. The van der Waals surface area contributed by atoms with E-state index >= 15 is 0 Å². The second-order valence-corrected chi connectivity index (χ2v) is 4.58. The van der Waals surface area contributed by atoms with Crippen molar-refractivity contribution in [1.82, 2.24) is 0 Å². The Bertz CT molecular complexity index is 432.